The number of aliphatic hydroxyl groups excluding tert-OH is 1. The van der Waals surface area contributed by atoms with Gasteiger partial charge >= 0.3 is 0 Å². The highest BCUT2D eigenvalue weighted by molar-refractivity contribution is 5.74. The average molecular weight is 250 g/mol. The van der Waals surface area contributed by atoms with Gasteiger partial charge in [-0.05, 0) is 37.3 Å². The van der Waals surface area contributed by atoms with Crippen molar-refractivity contribution < 1.29 is 9.84 Å². The summed E-state index contributed by atoms with van der Waals surface area (Å²) >= 11 is 0. The molecule has 0 bridgehead atoms. The van der Waals surface area contributed by atoms with Gasteiger partial charge in [0.2, 0.25) is 0 Å². The van der Waals surface area contributed by atoms with Gasteiger partial charge in [-0.3, -0.25) is 0 Å². The summed E-state index contributed by atoms with van der Waals surface area (Å²) in [5.74, 6) is 1.30. The number of benzene rings is 1. The standard InChI is InChI=1S/C14H22N2O2/c1-18-13-6-2-5-12(14(13)15)16-8-3-4-11(10-16)7-9-17/h2,5-6,11,17H,3-4,7-10,15H2,1H3. The van der Waals surface area contributed by atoms with Gasteiger partial charge in [0.1, 0.15) is 5.75 Å². The summed E-state index contributed by atoms with van der Waals surface area (Å²) in [4.78, 5) is 2.31. The van der Waals surface area contributed by atoms with Crippen molar-refractivity contribution in [2.45, 2.75) is 19.3 Å². The third-order valence-electron chi connectivity index (χ3n) is 3.66. The summed E-state index contributed by atoms with van der Waals surface area (Å²) in [6.07, 6.45) is 3.22. The second-order valence-corrected chi connectivity index (χ2v) is 4.86. The van der Waals surface area contributed by atoms with Crippen molar-refractivity contribution in [3.8, 4) is 5.75 Å². The van der Waals surface area contributed by atoms with Crippen LogP contribution in [0.4, 0.5) is 11.4 Å². The molecule has 4 heteroatoms. The van der Waals surface area contributed by atoms with Crippen molar-refractivity contribution in [2.24, 2.45) is 5.92 Å². The van der Waals surface area contributed by atoms with Gasteiger partial charge in [-0.25, -0.2) is 0 Å². The van der Waals surface area contributed by atoms with Crippen molar-refractivity contribution in [3.05, 3.63) is 18.2 Å². The molecule has 1 heterocycles. The van der Waals surface area contributed by atoms with Crippen molar-refractivity contribution in [3.63, 3.8) is 0 Å². The molecule has 3 N–H and O–H groups in total. The minimum Gasteiger partial charge on any atom is -0.495 e. The first-order valence-electron chi connectivity index (χ1n) is 6.54. The normalized spacial score (nSPS) is 19.9. The van der Waals surface area contributed by atoms with Crippen LogP contribution in [-0.2, 0) is 0 Å². The topological polar surface area (TPSA) is 58.7 Å². The number of piperidine rings is 1. The summed E-state index contributed by atoms with van der Waals surface area (Å²) in [6, 6.07) is 5.90. The number of para-hydroxylation sites is 1. The number of nitrogen functional groups attached to an aromatic ring is 1. The van der Waals surface area contributed by atoms with E-state index in [4.69, 9.17) is 15.6 Å². The van der Waals surface area contributed by atoms with Gasteiger partial charge in [0, 0.05) is 19.7 Å². The van der Waals surface area contributed by atoms with Crippen LogP contribution >= 0.6 is 0 Å². The molecule has 1 aromatic rings. The summed E-state index contributed by atoms with van der Waals surface area (Å²) in [7, 11) is 1.64. The number of rotatable bonds is 4. The zero-order valence-electron chi connectivity index (χ0n) is 10.9. The average Bonchev–Trinajstić information content (AvgIpc) is 2.40. The molecule has 1 aromatic carbocycles. The molecular formula is C14H22N2O2. The molecule has 0 aliphatic carbocycles. The molecule has 0 amide bonds. The molecule has 1 aliphatic heterocycles. The Morgan fingerprint density at radius 1 is 1.50 bits per heavy atom. The molecule has 0 radical (unpaired) electrons. The van der Waals surface area contributed by atoms with Gasteiger partial charge in [0.05, 0.1) is 18.5 Å². The quantitative estimate of drug-likeness (QED) is 0.801. The highest BCUT2D eigenvalue weighted by atomic mass is 16.5. The first kappa shape index (κ1) is 13.0. The fourth-order valence-corrected chi connectivity index (χ4v) is 2.69. The second kappa shape index (κ2) is 5.96. The SMILES string of the molecule is COc1cccc(N2CCCC(CCO)C2)c1N. The van der Waals surface area contributed by atoms with E-state index in [1.54, 1.807) is 7.11 Å². The second-order valence-electron chi connectivity index (χ2n) is 4.86. The molecule has 0 spiro atoms. The smallest absolute Gasteiger partial charge is 0.143 e. The predicted molar refractivity (Wildman–Crippen MR) is 74.0 cm³/mol. The molecule has 1 fully saturated rings. The van der Waals surface area contributed by atoms with Crippen LogP contribution in [0, 0.1) is 5.92 Å². The van der Waals surface area contributed by atoms with Gasteiger partial charge in [-0.1, -0.05) is 6.07 Å². The number of methoxy groups -OCH3 is 1. The van der Waals surface area contributed by atoms with Crippen LogP contribution in [0.3, 0.4) is 0 Å². The van der Waals surface area contributed by atoms with Crippen LogP contribution in [0.25, 0.3) is 0 Å². The Morgan fingerprint density at radius 3 is 3.06 bits per heavy atom. The summed E-state index contributed by atoms with van der Waals surface area (Å²) < 4.78 is 5.26. The van der Waals surface area contributed by atoms with Gasteiger partial charge in [0.15, 0.2) is 0 Å². The van der Waals surface area contributed by atoms with E-state index in [0.717, 1.165) is 37.4 Å². The van der Waals surface area contributed by atoms with Crippen LogP contribution in [0.1, 0.15) is 19.3 Å². The molecule has 1 aliphatic rings. The molecular weight excluding hydrogens is 228 g/mol. The van der Waals surface area contributed by atoms with Crippen LogP contribution in [0.2, 0.25) is 0 Å². The zero-order chi connectivity index (χ0) is 13.0. The first-order valence-corrected chi connectivity index (χ1v) is 6.54. The van der Waals surface area contributed by atoms with Crippen molar-refractivity contribution in [2.75, 3.05) is 37.4 Å². The van der Waals surface area contributed by atoms with E-state index in [9.17, 15) is 0 Å². The Labute approximate surface area is 108 Å². The van der Waals surface area contributed by atoms with Crippen LogP contribution in [0.5, 0.6) is 5.75 Å². The molecule has 1 unspecified atom stereocenters. The Morgan fingerprint density at radius 2 is 2.33 bits per heavy atom. The van der Waals surface area contributed by atoms with Gasteiger partial charge in [-0.15, -0.1) is 0 Å². The molecule has 1 saturated heterocycles. The van der Waals surface area contributed by atoms with Crippen molar-refractivity contribution >= 4 is 11.4 Å². The lowest BCUT2D eigenvalue weighted by Crippen LogP contribution is -2.36. The molecule has 2 rings (SSSR count). The molecule has 100 valence electrons. The predicted octanol–water partition coefficient (Wildman–Crippen LogP) is 1.88. The summed E-state index contributed by atoms with van der Waals surface area (Å²) in [6.45, 7) is 2.27. The number of nitrogens with zero attached hydrogens (tertiary/aromatic N) is 1. The lowest BCUT2D eigenvalue weighted by atomic mass is 9.94. The molecule has 1 atom stereocenters. The van der Waals surface area contributed by atoms with E-state index in [0.29, 0.717) is 11.6 Å². The maximum atomic E-state index is 9.05. The molecule has 0 saturated carbocycles. The first-order chi connectivity index (χ1) is 8.76. The summed E-state index contributed by atoms with van der Waals surface area (Å²) in [5, 5.41) is 9.05. The van der Waals surface area contributed by atoms with Crippen LogP contribution in [0.15, 0.2) is 18.2 Å². The minimum absolute atomic E-state index is 0.270. The zero-order valence-corrected chi connectivity index (χ0v) is 10.9. The van der Waals surface area contributed by atoms with Crippen LogP contribution < -0.4 is 15.4 Å². The Bertz CT molecular complexity index is 393. The van der Waals surface area contributed by atoms with E-state index in [-0.39, 0.29) is 6.61 Å². The third kappa shape index (κ3) is 2.70. The molecule has 18 heavy (non-hydrogen) atoms. The van der Waals surface area contributed by atoms with E-state index < -0.39 is 0 Å². The van der Waals surface area contributed by atoms with E-state index >= 15 is 0 Å². The van der Waals surface area contributed by atoms with Gasteiger partial charge in [-0.2, -0.15) is 0 Å². The van der Waals surface area contributed by atoms with Gasteiger partial charge < -0.3 is 20.5 Å². The number of aliphatic hydroxyl groups is 1. The highest BCUT2D eigenvalue weighted by Crippen LogP contribution is 2.34. The lowest BCUT2D eigenvalue weighted by molar-refractivity contribution is 0.244. The van der Waals surface area contributed by atoms with E-state index in [1.165, 1.54) is 6.42 Å². The molecule has 0 aromatic heterocycles. The number of hydrogen-bond acceptors (Lipinski definition) is 4. The number of ether oxygens (including phenoxy) is 1. The van der Waals surface area contributed by atoms with E-state index in [2.05, 4.69) is 4.90 Å². The summed E-state index contributed by atoms with van der Waals surface area (Å²) in [5.41, 5.74) is 7.89. The van der Waals surface area contributed by atoms with Gasteiger partial charge in [0.25, 0.3) is 0 Å². The highest BCUT2D eigenvalue weighted by Gasteiger charge is 2.21. The number of nitrogens with two attached hydrogens (primary N) is 1. The fraction of sp³-hybridized carbons (Fsp3) is 0.571. The maximum Gasteiger partial charge on any atom is 0.143 e. The minimum atomic E-state index is 0.270. The number of anilines is 2. The lowest BCUT2D eigenvalue weighted by Gasteiger charge is -2.35. The largest absolute Gasteiger partial charge is 0.495 e. The number of hydrogen-bond donors (Lipinski definition) is 2. The Hall–Kier alpha value is -1.42. The van der Waals surface area contributed by atoms with Crippen molar-refractivity contribution in [1.82, 2.24) is 0 Å². The van der Waals surface area contributed by atoms with Crippen LogP contribution in [-0.4, -0.2) is 31.9 Å². The maximum absolute atomic E-state index is 9.05. The monoisotopic (exact) mass is 250 g/mol. The Balaban J connectivity index is 2.15. The van der Waals surface area contributed by atoms with E-state index in [1.807, 2.05) is 18.2 Å². The Kier molecular flexibility index (Phi) is 4.31. The third-order valence-corrected chi connectivity index (χ3v) is 3.66. The fourth-order valence-electron chi connectivity index (χ4n) is 2.69. The van der Waals surface area contributed by atoms with Crippen molar-refractivity contribution in [1.29, 1.82) is 0 Å². The molecule has 4 nitrogen and oxygen atoms in total.